The third-order valence-electron chi connectivity index (χ3n) is 6.01. The van der Waals surface area contributed by atoms with Crippen LogP contribution in [0.1, 0.15) is 18.9 Å². The van der Waals surface area contributed by atoms with E-state index in [9.17, 15) is 17.6 Å². The quantitative estimate of drug-likeness (QED) is 0.746. The molecule has 8 heteroatoms. The molecule has 1 atom stereocenters. The molecule has 0 saturated carbocycles. The van der Waals surface area contributed by atoms with Crippen LogP contribution < -0.4 is 4.90 Å². The topological polar surface area (TPSA) is 60.9 Å². The van der Waals surface area contributed by atoms with Gasteiger partial charge in [-0.3, -0.25) is 4.79 Å². The Bertz CT molecular complexity index is 1020. The minimum atomic E-state index is -3.69. The van der Waals surface area contributed by atoms with Gasteiger partial charge in [0.25, 0.3) is 0 Å². The number of fused-ring (bicyclic) bond motifs is 1. The van der Waals surface area contributed by atoms with Crippen LogP contribution in [0.2, 0.25) is 0 Å². The predicted octanol–water partition coefficient (Wildman–Crippen LogP) is 2.50. The molecule has 2 aromatic carbocycles. The molecule has 2 aliphatic rings. The molecular formula is C22H26FN3O3S. The van der Waals surface area contributed by atoms with Gasteiger partial charge in [-0.2, -0.15) is 4.31 Å². The van der Waals surface area contributed by atoms with Crippen LogP contribution in [0.25, 0.3) is 0 Å². The second-order valence-electron chi connectivity index (χ2n) is 7.88. The smallest absolute Gasteiger partial charge is 0.243 e. The Balaban J connectivity index is 1.40. The minimum absolute atomic E-state index is 0.0115. The standard InChI is InChI=1S/C22H26FN3O3S/c1-17-6-7-18-4-2-3-5-21(18)26(17)16-22(27)24-12-14-25(15-13-24)30(28,29)20-10-8-19(23)9-11-20/h2-5,8-11,17H,6-7,12-16H2,1H3/t17-/m1/s1. The molecule has 160 valence electrons. The average molecular weight is 432 g/mol. The summed E-state index contributed by atoms with van der Waals surface area (Å²) >= 11 is 0. The van der Waals surface area contributed by atoms with Gasteiger partial charge >= 0.3 is 0 Å². The summed E-state index contributed by atoms with van der Waals surface area (Å²) in [6.45, 7) is 3.60. The second kappa shape index (κ2) is 8.35. The van der Waals surface area contributed by atoms with E-state index in [0.29, 0.717) is 19.6 Å². The van der Waals surface area contributed by atoms with Crippen molar-refractivity contribution < 1.29 is 17.6 Å². The number of carbonyl (C=O) groups is 1. The maximum atomic E-state index is 13.1. The number of aryl methyl sites for hydroxylation is 1. The number of benzene rings is 2. The molecule has 0 unspecified atom stereocenters. The Morgan fingerprint density at radius 1 is 1.03 bits per heavy atom. The van der Waals surface area contributed by atoms with Gasteiger partial charge in [0.05, 0.1) is 11.4 Å². The number of sulfonamides is 1. The molecule has 0 spiro atoms. The molecule has 0 aliphatic carbocycles. The van der Waals surface area contributed by atoms with Crippen LogP contribution >= 0.6 is 0 Å². The van der Waals surface area contributed by atoms with Gasteiger partial charge in [0.1, 0.15) is 5.82 Å². The van der Waals surface area contributed by atoms with Crippen LogP contribution in [-0.2, 0) is 21.2 Å². The molecule has 4 rings (SSSR count). The van der Waals surface area contributed by atoms with E-state index in [0.717, 1.165) is 30.7 Å². The molecule has 0 bridgehead atoms. The highest BCUT2D eigenvalue weighted by atomic mass is 32.2. The summed E-state index contributed by atoms with van der Waals surface area (Å²) in [5.41, 5.74) is 2.38. The molecule has 0 radical (unpaired) electrons. The number of amides is 1. The monoisotopic (exact) mass is 431 g/mol. The predicted molar refractivity (Wildman–Crippen MR) is 113 cm³/mol. The largest absolute Gasteiger partial charge is 0.359 e. The zero-order valence-electron chi connectivity index (χ0n) is 17.0. The number of hydrogen-bond acceptors (Lipinski definition) is 4. The fourth-order valence-electron chi connectivity index (χ4n) is 4.18. The summed E-state index contributed by atoms with van der Waals surface area (Å²) in [6.07, 6.45) is 2.02. The van der Waals surface area contributed by atoms with Crippen molar-refractivity contribution in [3.05, 3.63) is 59.9 Å². The number of anilines is 1. The number of carbonyl (C=O) groups excluding carboxylic acids is 1. The van der Waals surface area contributed by atoms with E-state index < -0.39 is 15.8 Å². The number of piperazine rings is 1. The van der Waals surface area contributed by atoms with Gasteiger partial charge in [-0.15, -0.1) is 0 Å². The fourth-order valence-corrected chi connectivity index (χ4v) is 5.60. The van der Waals surface area contributed by atoms with Crippen molar-refractivity contribution in [1.82, 2.24) is 9.21 Å². The van der Waals surface area contributed by atoms with Crippen LogP contribution in [0, 0.1) is 5.82 Å². The first-order valence-electron chi connectivity index (χ1n) is 10.2. The molecule has 30 heavy (non-hydrogen) atoms. The summed E-state index contributed by atoms with van der Waals surface area (Å²) in [5, 5.41) is 0. The molecule has 0 aromatic heterocycles. The second-order valence-corrected chi connectivity index (χ2v) is 9.82. The van der Waals surface area contributed by atoms with Gasteiger partial charge in [-0.05, 0) is 55.7 Å². The maximum Gasteiger partial charge on any atom is 0.243 e. The molecule has 1 amide bonds. The molecular weight excluding hydrogens is 405 g/mol. The molecule has 2 aliphatic heterocycles. The van der Waals surface area contributed by atoms with E-state index in [1.807, 2.05) is 12.1 Å². The van der Waals surface area contributed by atoms with E-state index in [1.165, 1.54) is 22.0 Å². The molecule has 6 nitrogen and oxygen atoms in total. The van der Waals surface area contributed by atoms with Gasteiger partial charge in [0.2, 0.25) is 15.9 Å². The lowest BCUT2D eigenvalue weighted by atomic mass is 9.96. The highest BCUT2D eigenvalue weighted by molar-refractivity contribution is 7.89. The molecule has 2 aromatic rings. The van der Waals surface area contributed by atoms with Crippen LogP contribution in [-0.4, -0.2) is 62.3 Å². The van der Waals surface area contributed by atoms with Crippen LogP contribution in [0.4, 0.5) is 10.1 Å². The van der Waals surface area contributed by atoms with Crippen LogP contribution in [0.3, 0.4) is 0 Å². The van der Waals surface area contributed by atoms with E-state index in [4.69, 9.17) is 0 Å². The summed E-state index contributed by atoms with van der Waals surface area (Å²) in [6, 6.07) is 13.3. The first kappa shape index (κ1) is 20.8. The Labute approximate surface area is 176 Å². The third kappa shape index (κ3) is 4.06. The van der Waals surface area contributed by atoms with E-state index >= 15 is 0 Å². The van der Waals surface area contributed by atoms with Crippen molar-refractivity contribution in [2.75, 3.05) is 37.6 Å². The fraction of sp³-hybridized carbons (Fsp3) is 0.409. The number of hydrogen-bond donors (Lipinski definition) is 0. The first-order valence-corrected chi connectivity index (χ1v) is 11.7. The SMILES string of the molecule is C[C@@H]1CCc2ccccc2N1CC(=O)N1CCN(S(=O)(=O)c2ccc(F)cc2)CC1. The van der Waals surface area contributed by atoms with Crippen molar-refractivity contribution in [3.63, 3.8) is 0 Å². The summed E-state index contributed by atoms with van der Waals surface area (Å²) in [7, 11) is -3.69. The average Bonchev–Trinajstić information content (AvgIpc) is 2.76. The number of nitrogens with zero attached hydrogens (tertiary/aromatic N) is 3. The summed E-state index contributed by atoms with van der Waals surface area (Å²) in [5.74, 6) is -0.463. The highest BCUT2D eigenvalue weighted by Gasteiger charge is 2.32. The summed E-state index contributed by atoms with van der Waals surface area (Å²) in [4.78, 5) is 16.9. The molecule has 1 fully saturated rings. The molecule has 0 N–H and O–H groups in total. The Morgan fingerprint density at radius 3 is 2.40 bits per heavy atom. The Morgan fingerprint density at radius 2 is 1.70 bits per heavy atom. The van der Waals surface area contributed by atoms with Crippen molar-refractivity contribution in [2.24, 2.45) is 0 Å². The van der Waals surface area contributed by atoms with Crippen molar-refractivity contribution in [3.8, 4) is 0 Å². The zero-order valence-corrected chi connectivity index (χ0v) is 17.8. The van der Waals surface area contributed by atoms with Crippen LogP contribution in [0.15, 0.2) is 53.4 Å². The lowest BCUT2D eigenvalue weighted by Crippen LogP contribution is -2.53. The third-order valence-corrected chi connectivity index (χ3v) is 7.93. The summed E-state index contributed by atoms with van der Waals surface area (Å²) < 4.78 is 40.0. The minimum Gasteiger partial charge on any atom is -0.359 e. The lowest BCUT2D eigenvalue weighted by molar-refractivity contribution is -0.131. The first-order chi connectivity index (χ1) is 14.4. The van der Waals surface area contributed by atoms with Gasteiger partial charge in [-0.25, -0.2) is 12.8 Å². The number of rotatable bonds is 4. The lowest BCUT2D eigenvalue weighted by Gasteiger charge is -2.39. The Kier molecular flexibility index (Phi) is 5.79. The van der Waals surface area contributed by atoms with E-state index in [1.54, 1.807) is 4.90 Å². The molecule has 1 saturated heterocycles. The van der Waals surface area contributed by atoms with E-state index in [-0.39, 0.29) is 29.9 Å². The zero-order chi connectivity index (χ0) is 21.3. The van der Waals surface area contributed by atoms with Gasteiger partial charge < -0.3 is 9.80 Å². The van der Waals surface area contributed by atoms with Crippen molar-refractivity contribution in [1.29, 1.82) is 0 Å². The van der Waals surface area contributed by atoms with E-state index in [2.05, 4.69) is 24.0 Å². The van der Waals surface area contributed by atoms with Crippen molar-refractivity contribution >= 4 is 21.6 Å². The van der Waals surface area contributed by atoms with Crippen molar-refractivity contribution in [2.45, 2.75) is 30.7 Å². The normalized spacial score (nSPS) is 20.1. The van der Waals surface area contributed by atoms with Gasteiger partial charge in [-0.1, -0.05) is 18.2 Å². The highest BCUT2D eigenvalue weighted by Crippen LogP contribution is 2.30. The number of halogens is 1. The Hall–Kier alpha value is -2.45. The van der Waals surface area contributed by atoms with Gasteiger partial charge in [0, 0.05) is 37.9 Å². The number of para-hydroxylation sites is 1. The van der Waals surface area contributed by atoms with Crippen LogP contribution in [0.5, 0.6) is 0 Å². The van der Waals surface area contributed by atoms with Gasteiger partial charge in [0.15, 0.2) is 0 Å². The molecule has 2 heterocycles. The maximum absolute atomic E-state index is 13.1.